The van der Waals surface area contributed by atoms with Crippen LogP contribution >= 0.6 is 27.7 Å². The van der Waals surface area contributed by atoms with Gasteiger partial charge in [-0.05, 0) is 36.4 Å². The van der Waals surface area contributed by atoms with E-state index in [4.69, 9.17) is 4.42 Å². The summed E-state index contributed by atoms with van der Waals surface area (Å²) in [7, 11) is 0. The fourth-order valence-electron chi connectivity index (χ4n) is 1.19. The summed E-state index contributed by atoms with van der Waals surface area (Å²) < 4.78 is 6.07. The minimum atomic E-state index is 0.0120. The molecule has 1 aromatic carbocycles. The highest BCUT2D eigenvalue weighted by molar-refractivity contribution is 9.10. The third kappa shape index (κ3) is 3.00. The highest BCUT2D eigenvalue weighted by Gasteiger charge is 2.08. The molecule has 0 unspecified atom stereocenters. The Bertz CT molecular complexity index is 462. The molecule has 0 fully saturated rings. The lowest BCUT2D eigenvalue weighted by Crippen LogP contribution is -1.99. The molecule has 0 amide bonds. The second kappa shape index (κ2) is 5.37. The van der Waals surface area contributed by atoms with Crippen molar-refractivity contribution in [3.63, 3.8) is 0 Å². The number of Topliss-reactive ketones (excluding diaryl/α,β-unsaturated/α-hetero) is 1. The predicted molar refractivity (Wildman–Crippen MR) is 67.9 cm³/mol. The zero-order chi connectivity index (χ0) is 11.4. The van der Waals surface area contributed by atoms with Gasteiger partial charge in [0.1, 0.15) is 0 Å². The van der Waals surface area contributed by atoms with E-state index in [-0.39, 0.29) is 5.78 Å². The molecule has 2 rings (SSSR count). The van der Waals surface area contributed by atoms with Crippen molar-refractivity contribution in [3.8, 4) is 0 Å². The normalized spacial score (nSPS) is 10.3. The number of thioether (sulfide) groups is 1. The molecule has 0 aliphatic carbocycles. The molecule has 1 aromatic heterocycles. The molecule has 1 heterocycles. The lowest BCUT2D eigenvalue weighted by Gasteiger charge is -1.99. The maximum Gasteiger partial charge on any atom is 0.208 e. The van der Waals surface area contributed by atoms with Crippen molar-refractivity contribution >= 4 is 33.5 Å². The number of halogens is 1. The quantitative estimate of drug-likeness (QED) is 0.631. The van der Waals surface area contributed by atoms with E-state index in [9.17, 15) is 4.79 Å². The van der Waals surface area contributed by atoms with Gasteiger partial charge in [-0.15, -0.1) is 11.8 Å². The standard InChI is InChI=1S/C12H9BrO2S/c13-9-3-5-10(6-4-9)16-8-11(14)12-2-1-7-15-12/h1-7H,8H2. The molecule has 16 heavy (non-hydrogen) atoms. The van der Waals surface area contributed by atoms with Crippen LogP contribution in [0.4, 0.5) is 0 Å². The average molecular weight is 297 g/mol. The molecule has 0 saturated carbocycles. The third-order valence-electron chi connectivity index (χ3n) is 1.98. The summed E-state index contributed by atoms with van der Waals surface area (Å²) in [5.74, 6) is 0.831. The van der Waals surface area contributed by atoms with Crippen LogP contribution in [0.5, 0.6) is 0 Å². The average Bonchev–Trinajstić information content (AvgIpc) is 2.81. The van der Waals surface area contributed by atoms with Crippen LogP contribution in [0, 0.1) is 0 Å². The van der Waals surface area contributed by atoms with Gasteiger partial charge in [-0.2, -0.15) is 0 Å². The van der Waals surface area contributed by atoms with Crippen LogP contribution in [0.15, 0.2) is 56.4 Å². The van der Waals surface area contributed by atoms with Crippen LogP contribution in [0.1, 0.15) is 10.6 Å². The summed E-state index contributed by atoms with van der Waals surface area (Å²) in [5, 5.41) is 0. The van der Waals surface area contributed by atoms with Gasteiger partial charge in [-0.25, -0.2) is 0 Å². The minimum absolute atomic E-state index is 0.0120. The minimum Gasteiger partial charge on any atom is -0.461 e. The molecule has 0 atom stereocenters. The van der Waals surface area contributed by atoms with E-state index in [2.05, 4.69) is 15.9 Å². The summed E-state index contributed by atoms with van der Waals surface area (Å²) in [6, 6.07) is 11.3. The van der Waals surface area contributed by atoms with E-state index in [1.807, 2.05) is 24.3 Å². The smallest absolute Gasteiger partial charge is 0.208 e. The first-order chi connectivity index (χ1) is 7.75. The Morgan fingerprint density at radius 2 is 2.00 bits per heavy atom. The van der Waals surface area contributed by atoms with Gasteiger partial charge in [0.25, 0.3) is 0 Å². The van der Waals surface area contributed by atoms with Crippen LogP contribution in [-0.2, 0) is 0 Å². The zero-order valence-electron chi connectivity index (χ0n) is 8.35. The maximum absolute atomic E-state index is 11.6. The number of carbonyl (C=O) groups excluding carboxylic acids is 1. The molecule has 0 bridgehead atoms. The van der Waals surface area contributed by atoms with Crippen LogP contribution < -0.4 is 0 Å². The van der Waals surface area contributed by atoms with Gasteiger partial charge in [0.15, 0.2) is 5.76 Å². The molecular formula is C12H9BrO2S. The maximum atomic E-state index is 11.6. The number of hydrogen-bond donors (Lipinski definition) is 0. The Morgan fingerprint density at radius 1 is 1.25 bits per heavy atom. The molecule has 2 nitrogen and oxygen atoms in total. The molecule has 0 spiro atoms. The molecule has 0 N–H and O–H groups in total. The summed E-state index contributed by atoms with van der Waals surface area (Å²) in [4.78, 5) is 12.7. The molecule has 0 aliphatic rings. The zero-order valence-corrected chi connectivity index (χ0v) is 10.8. The first-order valence-corrected chi connectivity index (χ1v) is 6.48. The van der Waals surface area contributed by atoms with E-state index in [1.165, 1.54) is 18.0 Å². The van der Waals surface area contributed by atoms with Crippen molar-refractivity contribution in [2.75, 3.05) is 5.75 Å². The molecule has 0 saturated heterocycles. The van der Waals surface area contributed by atoms with Crippen molar-refractivity contribution in [2.45, 2.75) is 4.90 Å². The predicted octanol–water partition coefficient (Wildman–Crippen LogP) is 4.02. The van der Waals surface area contributed by atoms with E-state index in [0.717, 1.165) is 9.37 Å². The first kappa shape index (κ1) is 11.5. The highest BCUT2D eigenvalue weighted by atomic mass is 79.9. The number of rotatable bonds is 4. The molecule has 4 heteroatoms. The van der Waals surface area contributed by atoms with E-state index in [1.54, 1.807) is 12.1 Å². The fraction of sp³-hybridized carbons (Fsp3) is 0.0833. The first-order valence-electron chi connectivity index (χ1n) is 4.71. The fourth-order valence-corrected chi connectivity index (χ4v) is 2.22. The highest BCUT2D eigenvalue weighted by Crippen LogP contribution is 2.21. The lowest BCUT2D eigenvalue weighted by molar-refractivity contribution is 0.0992. The summed E-state index contributed by atoms with van der Waals surface area (Å²) in [6.07, 6.45) is 1.51. The monoisotopic (exact) mass is 296 g/mol. The summed E-state index contributed by atoms with van der Waals surface area (Å²) in [5.41, 5.74) is 0. The number of benzene rings is 1. The second-order valence-corrected chi connectivity index (χ2v) is 5.11. The number of ketones is 1. The molecule has 2 aromatic rings. The van der Waals surface area contributed by atoms with E-state index >= 15 is 0 Å². The van der Waals surface area contributed by atoms with Crippen LogP contribution in [-0.4, -0.2) is 11.5 Å². The van der Waals surface area contributed by atoms with Crippen molar-refractivity contribution in [2.24, 2.45) is 0 Å². The molecular weight excluding hydrogens is 288 g/mol. The molecule has 0 radical (unpaired) electrons. The Balaban J connectivity index is 1.93. The van der Waals surface area contributed by atoms with Crippen molar-refractivity contribution in [3.05, 3.63) is 52.9 Å². The number of hydrogen-bond acceptors (Lipinski definition) is 3. The third-order valence-corrected chi connectivity index (χ3v) is 3.52. The Morgan fingerprint density at radius 3 is 2.62 bits per heavy atom. The van der Waals surface area contributed by atoms with Gasteiger partial charge >= 0.3 is 0 Å². The van der Waals surface area contributed by atoms with Gasteiger partial charge in [0, 0.05) is 9.37 Å². The summed E-state index contributed by atoms with van der Waals surface area (Å²) >= 11 is 4.87. The van der Waals surface area contributed by atoms with Gasteiger partial charge in [-0.1, -0.05) is 15.9 Å². The van der Waals surface area contributed by atoms with Crippen LogP contribution in [0.25, 0.3) is 0 Å². The van der Waals surface area contributed by atoms with Gasteiger partial charge < -0.3 is 4.42 Å². The SMILES string of the molecule is O=C(CSc1ccc(Br)cc1)c1ccco1. The second-order valence-electron chi connectivity index (χ2n) is 3.14. The van der Waals surface area contributed by atoms with Gasteiger partial charge in [0.2, 0.25) is 5.78 Å². The Hall–Kier alpha value is -1.00. The molecule has 0 aliphatic heterocycles. The topological polar surface area (TPSA) is 30.2 Å². The summed E-state index contributed by atoms with van der Waals surface area (Å²) in [6.45, 7) is 0. The number of carbonyl (C=O) groups is 1. The Labute approximate surface area is 106 Å². The lowest BCUT2D eigenvalue weighted by atomic mass is 10.3. The van der Waals surface area contributed by atoms with Gasteiger partial charge in [-0.3, -0.25) is 4.79 Å². The van der Waals surface area contributed by atoms with Crippen molar-refractivity contribution < 1.29 is 9.21 Å². The van der Waals surface area contributed by atoms with Crippen molar-refractivity contribution in [1.29, 1.82) is 0 Å². The number of furan rings is 1. The largest absolute Gasteiger partial charge is 0.461 e. The van der Waals surface area contributed by atoms with E-state index < -0.39 is 0 Å². The van der Waals surface area contributed by atoms with Crippen LogP contribution in [0.2, 0.25) is 0 Å². The van der Waals surface area contributed by atoms with Gasteiger partial charge in [0.05, 0.1) is 12.0 Å². The Kier molecular flexibility index (Phi) is 3.85. The molecule has 82 valence electrons. The van der Waals surface area contributed by atoms with Crippen molar-refractivity contribution in [1.82, 2.24) is 0 Å². The van der Waals surface area contributed by atoms with Crippen LogP contribution in [0.3, 0.4) is 0 Å². The van der Waals surface area contributed by atoms with E-state index in [0.29, 0.717) is 11.5 Å².